The summed E-state index contributed by atoms with van der Waals surface area (Å²) in [6, 6.07) is 0. The molecule has 0 amide bonds. The number of rotatable bonds is 4. The van der Waals surface area contributed by atoms with E-state index in [0.717, 1.165) is 0 Å². The molecule has 0 aliphatic heterocycles. The van der Waals surface area contributed by atoms with Crippen LogP contribution in [-0.4, -0.2) is 34.3 Å². The van der Waals surface area contributed by atoms with Crippen molar-refractivity contribution in [3.05, 3.63) is 0 Å². The Morgan fingerprint density at radius 3 is 2.46 bits per heavy atom. The molecule has 0 saturated heterocycles. The highest BCUT2D eigenvalue weighted by Gasteiger charge is 2.15. The standard InChI is InChI=1S/C9H18O3S/c1-7(10)5-13-6-8(11)12-9(2,3)4/h7,10H,5-6H2,1-4H3. The summed E-state index contributed by atoms with van der Waals surface area (Å²) in [5, 5.41) is 8.92. The quantitative estimate of drug-likeness (QED) is 0.707. The first-order valence-electron chi connectivity index (χ1n) is 4.29. The minimum absolute atomic E-state index is 0.224. The maximum absolute atomic E-state index is 11.1. The van der Waals surface area contributed by atoms with E-state index in [2.05, 4.69) is 0 Å². The predicted octanol–water partition coefficient (Wildman–Crippen LogP) is 1.44. The largest absolute Gasteiger partial charge is 0.459 e. The van der Waals surface area contributed by atoms with Crippen LogP contribution < -0.4 is 0 Å². The first kappa shape index (κ1) is 12.8. The van der Waals surface area contributed by atoms with Crippen molar-refractivity contribution in [2.75, 3.05) is 11.5 Å². The zero-order valence-electron chi connectivity index (χ0n) is 8.66. The van der Waals surface area contributed by atoms with Crippen molar-refractivity contribution in [3.8, 4) is 0 Å². The van der Waals surface area contributed by atoms with E-state index in [0.29, 0.717) is 11.5 Å². The van der Waals surface area contributed by atoms with E-state index in [-0.39, 0.29) is 12.1 Å². The van der Waals surface area contributed by atoms with Crippen LogP contribution in [0.25, 0.3) is 0 Å². The molecule has 13 heavy (non-hydrogen) atoms. The molecule has 0 heterocycles. The lowest BCUT2D eigenvalue weighted by atomic mass is 10.2. The molecule has 4 heteroatoms. The minimum atomic E-state index is -0.414. The first-order chi connectivity index (χ1) is 5.81. The molecule has 0 bridgehead atoms. The van der Waals surface area contributed by atoms with Gasteiger partial charge in [-0.15, -0.1) is 11.8 Å². The fourth-order valence-corrected chi connectivity index (χ4v) is 1.37. The maximum atomic E-state index is 11.1. The number of ether oxygens (including phenoxy) is 1. The van der Waals surface area contributed by atoms with Gasteiger partial charge in [-0.05, 0) is 27.7 Å². The highest BCUT2D eigenvalue weighted by molar-refractivity contribution is 7.99. The number of aliphatic hydroxyl groups is 1. The van der Waals surface area contributed by atoms with Crippen molar-refractivity contribution in [2.24, 2.45) is 0 Å². The molecule has 0 spiro atoms. The van der Waals surface area contributed by atoms with Crippen molar-refractivity contribution in [2.45, 2.75) is 39.4 Å². The van der Waals surface area contributed by atoms with Crippen molar-refractivity contribution in [3.63, 3.8) is 0 Å². The number of hydrogen-bond acceptors (Lipinski definition) is 4. The minimum Gasteiger partial charge on any atom is -0.459 e. The molecule has 1 unspecified atom stereocenters. The van der Waals surface area contributed by atoms with Gasteiger partial charge in [-0.2, -0.15) is 0 Å². The lowest BCUT2D eigenvalue weighted by Gasteiger charge is -2.19. The van der Waals surface area contributed by atoms with Crippen LogP contribution in [-0.2, 0) is 9.53 Å². The van der Waals surface area contributed by atoms with Gasteiger partial charge in [0.25, 0.3) is 0 Å². The normalized spacial score (nSPS) is 13.9. The molecule has 0 radical (unpaired) electrons. The molecular weight excluding hydrogens is 188 g/mol. The van der Waals surface area contributed by atoms with E-state index in [1.165, 1.54) is 11.8 Å². The summed E-state index contributed by atoms with van der Waals surface area (Å²) in [4.78, 5) is 11.1. The molecule has 0 aromatic heterocycles. The summed E-state index contributed by atoms with van der Waals surface area (Å²) in [5.41, 5.74) is -0.414. The van der Waals surface area contributed by atoms with Gasteiger partial charge in [0.15, 0.2) is 0 Å². The maximum Gasteiger partial charge on any atom is 0.316 e. The first-order valence-corrected chi connectivity index (χ1v) is 5.44. The molecule has 1 N–H and O–H groups in total. The molecule has 0 fully saturated rings. The number of carbonyl (C=O) groups is 1. The summed E-state index contributed by atoms with van der Waals surface area (Å²) in [6.07, 6.45) is -0.368. The van der Waals surface area contributed by atoms with Gasteiger partial charge in [-0.1, -0.05) is 0 Å². The Labute approximate surface area is 83.9 Å². The number of esters is 1. The highest BCUT2D eigenvalue weighted by atomic mass is 32.2. The van der Waals surface area contributed by atoms with Crippen molar-refractivity contribution >= 4 is 17.7 Å². The third-order valence-corrected chi connectivity index (χ3v) is 2.16. The predicted molar refractivity (Wildman–Crippen MR) is 54.9 cm³/mol. The van der Waals surface area contributed by atoms with Crippen LogP contribution in [0.2, 0.25) is 0 Å². The Morgan fingerprint density at radius 1 is 1.54 bits per heavy atom. The summed E-state index contributed by atoms with van der Waals surface area (Å²) >= 11 is 1.39. The van der Waals surface area contributed by atoms with Gasteiger partial charge in [-0.25, -0.2) is 0 Å². The molecular formula is C9H18O3S. The lowest BCUT2D eigenvalue weighted by Crippen LogP contribution is -2.25. The lowest BCUT2D eigenvalue weighted by molar-refractivity contribution is -0.151. The van der Waals surface area contributed by atoms with E-state index in [9.17, 15) is 4.79 Å². The van der Waals surface area contributed by atoms with Gasteiger partial charge in [0.1, 0.15) is 5.60 Å². The number of carbonyl (C=O) groups excluding carboxylic acids is 1. The summed E-state index contributed by atoms with van der Waals surface area (Å²) < 4.78 is 5.08. The van der Waals surface area contributed by atoms with E-state index in [4.69, 9.17) is 9.84 Å². The number of aliphatic hydroxyl groups excluding tert-OH is 1. The summed E-state index contributed by atoms with van der Waals surface area (Å²) in [7, 11) is 0. The van der Waals surface area contributed by atoms with Crippen LogP contribution in [0.15, 0.2) is 0 Å². The van der Waals surface area contributed by atoms with Crippen LogP contribution in [0, 0.1) is 0 Å². The third kappa shape index (κ3) is 9.70. The van der Waals surface area contributed by atoms with E-state index in [1.807, 2.05) is 20.8 Å². The van der Waals surface area contributed by atoms with Crippen LogP contribution in [0.1, 0.15) is 27.7 Å². The SMILES string of the molecule is CC(O)CSCC(=O)OC(C)(C)C. The fourth-order valence-electron chi connectivity index (χ4n) is 0.684. The Balaban J connectivity index is 3.53. The second-order valence-electron chi connectivity index (χ2n) is 3.95. The van der Waals surface area contributed by atoms with Gasteiger partial charge < -0.3 is 9.84 Å². The average molecular weight is 206 g/mol. The molecule has 0 rings (SSSR count). The highest BCUT2D eigenvalue weighted by Crippen LogP contribution is 2.10. The van der Waals surface area contributed by atoms with Crippen molar-refractivity contribution < 1.29 is 14.6 Å². The molecule has 1 atom stereocenters. The topological polar surface area (TPSA) is 46.5 Å². The van der Waals surface area contributed by atoms with Gasteiger partial charge in [-0.3, -0.25) is 4.79 Å². The number of hydrogen-bond donors (Lipinski definition) is 1. The Bertz CT molecular complexity index is 161. The molecule has 0 aromatic rings. The second kappa shape index (κ2) is 5.50. The smallest absolute Gasteiger partial charge is 0.316 e. The molecule has 78 valence electrons. The second-order valence-corrected chi connectivity index (χ2v) is 4.98. The summed E-state index contributed by atoms with van der Waals surface area (Å²) in [5.74, 6) is 0.652. The molecule has 3 nitrogen and oxygen atoms in total. The zero-order valence-corrected chi connectivity index (χ0v) is 9.48. The van der Waals surface area contributed by atoms with Crippen LogP contribution >= 0.6 is 11.8 Å². The Kier molecular flexibility index (Phi) is 5.40. The Hall–Kier alpha value is -0.220. The molecule has 0 saturated carbocycles. The monoisotopic (exact) mass is 206 g/mol. The van der Waals surface area contributed by atoms with E-state index < -0.39 is 5.60 Å². The third-order valence-electron chi connectivity index (χ3n) is 0.999. The fraction of sp³-hybridized carbons (Fsp3) is 0.889. The van der Waals surface area contributed by atoms with Gasteiger partial charge in [0.05, 0.1) is 11.9 Å². The zero-order chi connectivity index (χ0) is 10.5. The van der Waals surface area contributed by atoms with Gasteiger partial charge in [0, 0.05) is 5.75 Å². The van der Waals surface area contributed by atoms with Crippen LogP contribution in [0.4, 0.5) is 0 Å². The Morgan fingerprint density at radius 2 is 2.08 bits per heavy atom. The average Bonchev–Trinajstić information content (AvgIpc) is 1.81. The van der Waals surface area contributed by atoms with Gasteiger partial charge >= 0.3 is 5.97 Å². The summed E-state index contributed by atoms with van der Waals surface area (Å²) in [6.45, 7) is 7.21. The van der Waals surface area contributed by atoms with Gasteiger partial charge in [0.2, 0.25) is 0 Å². The number of thioether (sulfide) groups is 1. The van der Waals surface area contributed by atoms with Crippen LogP contribution in [0.3, 0.4) is 0 Å². The van der Waals surface area contributed by atoms with Crippen molar-refractivity contribution in [1.29, 1.82) is 0 Å². The molecule has 0 aromatic carbocycles. The van der Waals surface area contributed by atoms with Crippen molar-refractivity contribution in [1.82, 2.24) is 0 Å². The van der Waals surface area contributed by atoms with E-state index >= 15 is 0 Å². The molecule has 0 aliphatic rings. The van der Waals surface area contributed by atoms with E-state index in [1.54, 1.807) is 6.92 Å². The molecule has 0 aliphatic carbocycles. The van der Waals surface area contributed by atoms with Crippen LogP contribution in [0.5, 0.6) is 0 Å².